The Morgan fingerprint density at radius 2 is 2.25 bits per heavy atom. The SMILES string of the molecule is Cc1ccc2nc(CSc3n[nH]c(N)n3)cc(=O)n2c1. The van der Waals surface area contributed by atoms with Crippen LogP contribution in [0, 0.1) is 6.92 Å². The van der Waals surface area contributed by atoms with Crippen molar-refractivity contribution in [1.82, 2.24) is 24.6 Å². The first-order valence-electron chi connectivity index (χ1n) is 5.91. The fourth-order valence-corrected chi connectivity index (χ4v) is 2.49. The highest BCUT2D eigenvalue weighted by atomic mass is 32.2. The summed E-state index contributed by atoms with van der Waals surface area (Å²) in [6, 6.07) is 5.28. The Labute approximate surface area is 118 Å². The predicted octanol–water partition coefficient (Wildman–Crippen LogP) is 0.996. The molecule has 3 aromatic rings. The van der Waals surface area contributed by atoms with E-state index in [1.165, 1.54) is 22.2 Å². The minimum Gasteiger partial charge on any atom is -0.368 e. The van der Waals surface area contributed by atoms with Gasteiger partial charge in [-0.05, 0) is 18.6 Å². The standard InChI is InChI=1S/C12H12N6OS/c1-7-2-3-9-14-8(4-10(19)18(9)5-7)6-20-12-15-11(13)16-17-12/h2-5H,6H2,1H3,(H3,13,15,16,17). The first kappa shape index (κ1) is 12.7. The van der Waals surface area contributed by atoms with Crippen molar-refractivity contribution in [3.8, 4) is 0 Å². The molecule has 0 atom stereocenters. The van der Waals surface area contributed by atoms with E-state index in [1.807, 2.05) is 19.1 Å². The first-order valence-corrected chi connectivity index (χ1v) is 6.90. The Morgan fingerprint density at radius 3 is 3.00 bits per heavy atom. The van der Waals surface area contributed by atoms with Gasteiger partial charge in [0.1, 0.15) is 5.65 Å². The van der Waals surface area contributed by atoms with Gasteiger partial charge in [0.2, 0.25) is 11.1 Å². The third-order valence-electron chi connectivity index (χ3n) is 2.69. The number of aryl methyl sites for hydroxylation is 1. The van der Waals surface area contributed by atoms with Crippen LogP contribution >= 0.6 is 11.8 Å². The Balaban J connectivity index is 1.89. The second-order valence-corrected chi connectivity index (χ2v) is 5.25. The van der Waals surface area contributed by atoms with E-state index in [-0.39, 0.29) is 11.5 Å². The quantitative estimate of drug-likeness (QED) is 0.697. The number of rotatable bonds is 3. The van der Waals surface area contributed by atoms with Crippen LogP contribution < -0.4 is 11.3 Å². The van der Waals surface area contributed by atoms with Gasteiger partial charge in [0.05, 0.1) is 5.69 Å². The van der Waals surface area contributed by atoms with E-state index < -0.39 is 0 Å². The third kappa shape index (κ3) is 2.50. The molecule has 0 aliphatic heterocycles. The van der Waals surface area contributed by atoms with Gasteiger partial charge in [0, 0.05) is 18.0 Å². The molecule has 0 fully saturated rings. The number of hydrogen-bond acceptors (Lipinski definition) is 6. The molecule has 0 saturated heterocycles. The fourth-order valence-electron chi connectivity index (χ4n) is 1.79. The van der Waals surface area contributed by atoms with Crippen molar-refractivity contribution in [2.75, 3.05) is 5.73 Å². The zero-order chi connectivity index (χ0) is 14.1. The van der Waals surface area contributed by atoms with Crippen LogP contribution in [0.15, 0.2) is 34.3 Å². The van der Waals surface area contributed by atoms with Crippen LogP contribution in [0.3, 0.4) is 0 Å². The number of H-pyrrole nitrogens is 1. The number of anilines is 1. The lowest BCUT2D eigenvalue weighted by molar-refractivity contribution is 0.967. The van der Waals surface area contributed by atoms with Gasteiger partial charge in [-0.15, -0.1) is 5.10 Å². The predicted molar refractivity (Wildman–Crippen MR) is 76.6 cm³/mol. The molecule has 0 aromatic carbocycles. The molecule has 0 unspecified atom stereocenters. The minimum absolute atomic E-state index is 0.0937. The number of fused-ring (bicyclic) bond motifs is 1. The molecule has 3 heterocycles. The number of nitrogens with one attached hydrogen (secondary N) is 1. The van der Waals surface area contributed by atoms with Crippen LogP contribution in [0.4, 0.5) is 5.95 Å². The summed E-state index contributed by atoms with van der Waals surface area (Å²) in [5.74, 6) is 0.784. The summed E-state index contributed by atoms with van der Waals surface area (Å²) in [6.45, 7) is 1.93. The molecule has 0 bridgehead atoms. The molecule has 7 nitrogen and oxygen atoms in total. The average Bonchev–Trinajstić information content (AvgIpc) is 2.83. The maximum atomic E-state index is 12.0. The van der Waals surface area contributed by atoms with E-state index in [9.17, 15) is 4.79 Å². The lowest BCUT2D eigenvalue weighted by Gasteiger charge is -2.03. The lowest BCUT2D eigenvalue weighted by atomic mass is 10.3. The van der Waals surface area contributed by atoms with Gasteiger partial charge in [-0.3, -0.25) is 9.20 Å². The maximum absolute atomic E-state index is 12.0. The topological polar surface area (TPSA) is 102 Å². The number of hydrogen-bond donors (Lipinski definition) is 2. The smallest absolute Gasteiger partial charge is 0.258 e. The second-order valence-electron chi connectivity index (χ2n) is 4.31. The van der Waals surface area contributed by atoms with Crippen LogP contribution in [0.2, 0.25) is 0 Å². The molecule has 20 heavy (non-hydrogen) atoms. The Morgan fingerprint density at radius 1 is 1.40 bits per heavy atom. The van der Waals surface area contributed by atoms with Crippen molar-refractivity contribution >= 4 is 23.4 Å². The number of aromatic nitrogens is 5. The normalized spacial score (nSPS) is 11.1. The van der Waals surface area contributed by atoms with Crippen LogP contribution in [-0.4, -0.2) is 24.6 Å². The maximum Gasteiger partial charge on any atom is 0.258 e. The van der Waals surface area contributed by atoms with Gasteiger partial charge < -0.3 is 5.73 Å². The van der Waals surface area contributed by atoms with Gasteiger partial charge in [0.25, 0.3) is 5.56 Å². The first-order chi connectivity index (χ1) is 9.61. The minimum atomic E-state index is -0.0937. The molecule has 0 amide bonds. The summed E-state index contributed by atoms with van der Waals surface area (Å²) in [7, 11) is 0. The summed E-state index contributed by atoms with van der Waals surface area (Å²) < 4.78 is 1.54. The highest BCUT2D eigenvalue weighted by Crippen LogP contribution is 2.17. The lowest BCUT2D eigenvalue weighted by Crippen LogP contribution is -2.15. The van der Waals surface area contributed by atoms with E-state index >= 15 is 0 Å². The monoisotopic (exact) mass is 288 g/mol. The van der Waals surface area contributed by atoms with E-state index in [4.69, 9.17) is 5.73 Å². The Kier molecular flexibility index (Phi) is 3.15. The van der Waals surface area contributed by atoms with E-state index in [1.54, 1.807) is 6.20 Å². The summed E-state index contributed by atoms with van der Waals surface area (Å²) in [4.78, 5) is 20.5. The van der Waals surface area contributed by atoms with E-state index in [0.29, 0.717) is 22.3 Å². The third-order valence-corrected chi connectivity index (χ3v) is 3.57. The van der Waals surface area contributed by atoms with Crippen molar-refractivity contribution in [3.05, 3.63) is 46.0 Å². The number of aromatic amines is 1. The van der Waals surface area contributed by atoms with Crippen molar-refractivity contribution in [1.29, 1.82) is 0 Å². The summed E-state index contributed by atoms with van der Waals surface area (Å²) in [5, 5.41) is 7.02. The number of nitrogens with zero attached hydrogens (tertiary/aromatic N) is 4. The zero-order valence-corrected chi connectivity index (χ0v) is 11.5. The zero-order valence-electron chi connectivity index (χ0n) is 10.7. The van der Waals surface area contributed by atoms with Crippen molar-refractivity contribution in [2.45, 2.75) is 17.8 Å². The van der Waals surface area contributed by atoms with Crippen molar-refractivity contribution in [3.63, 3.8) is 0 Å². The van der Waals surface area contributed by atoms with Gasteiger partial charge in [-0.25, -0.2) is 10.1 Å². The molecule has 0 radical (unpaired) electrons. The molecule has 3 rings (SSSR count). The molecule has 0 spiro atoms. The molecule has 0 aliphatic carbocycles. The highest BCUT2D eigenvalue weighted by molar-refractivity contribution is 7.98. The molecule has 0 aliphatic rings. The molecule has 3 N–H and O–H groups in total. The number of pyridine rings is 1. The number of nitrogens with two attached hydrogens (primary N) is 1. The number of thioether (sulfide) groups is 1. The summed E-state index contributed by atoms with van der Waals surface area (Å²) in [6.07, 6.45) is 1.78. The molecule has 3 aromatic heterocycles. The number of nitrogen functional groups attached to an aromatic ring is 1. The van der Waals surface area contributed by atoms with Crippen LogP contribution in [-0.2, 0) is 5.75 Å². The van der Waals surface area contributed by atoms with E-state index in [0.717, 1.165) is 5.56 Å². The Hall–Kier alpha value is -2.35. The van der Waals surface area contributed by atoms with Gasteiger partial charge >= 0.3 is 0 Å². The van der Waals surface area contributed by atoms with Gasteiger partial charge in [-0.2, -0.15) is 4.98 Å². The molecule has 8 heteroatoms. The largest absolute Gasteiger partial charge is 0.368 e. The van der Waals surface area contributed by atoms with Crippen LogP contribution in [0.1, 0.15) is 11.3 Å². The summed E-state index contributed by atoms with van der Waals surface area (Å²) in [5.41, 5.74) is 7.69. The van der Waals surface area contributed by atoms with Crippen LogP contribution in [0.25, 0.3) is 5.65 Å². The Bertz CT molecular complexity index is 824. The molecule has 102 valence electrons. The fraction of sp³-hybridized carbons (Fsp3) is 0.167. The molecule has 0 saturated carbocycles. The van der Waals surface area contributed by atoms with Gasteiger partial charge in [0.15, 0.2) is 0 Å². The highest BCUT2D eigenvalue weighted by Gasteiger charge is 2.06. The van der Waals surface area contributed by atoms with Gasteiger partial charge in [-0.1, -0.05) is 17.8 Å². The van der Waals surface area contributed by atoms with Crippen molar-refractivity contribution in [2.24, 2.45) is 0 Å². The molecular weight excluding hydrogens is 276 g/mol. The van der Waals surface area contributed by atoms with E-state index in [2.05, 4.69) is 20.2 Å². The summed E-state index contributed by atoms with van der Waals surface area (Å²) >= 11 is 1.37. The van der Waals surface area contributed by atoms with Crippen molar-refractivity contribution < 1.29 is 0 Å². The molecular formula is C12H12N6OS. The van der Waals surface area contributed by atoms with Crippen LogP contribution in [0.5, 0.6) is 0 Å². The average molecular weight is 288 g/mol. The second kappa shape index (κ2) is 4.97.